The molecule has 5 nitrogen and oxygen atoms in total. The van der Waals surface area contributed by atoms with E-state index in [0.29, 0.717) is 19.4 Å². The minimum atomic E-state index is -0.157. The van der Waals surface area contributed by atoms with Crippen molar-refractivity contribution in [1.82, 2.24) is 9.88 Å². The highest BCUT2D eigenvalue weighted by molar-refractivity contribution is 7.09. The van der Waals surface area contributed by atoms with Crippen molar-refractivity contribution in [2.45, 2.75) is 39.2 Å². The lowest BCUT2D eigenvalue weighted by Gasteiger charge is -2.31. The van der Waals surface area contributed by atoms with Crippen LogP contribution < -0.4 is 0 Å². The highest BCUT2D eigenvalue weighted by Gasteiger charge is 2.24. The van der Waals surface area contributed by atoms with Gasteiger partial charge in [-0.2, -0.15) is 0 Å². The van der Waals surface area contributed by atoms with E-state index in [-0.39, 0.29) is 12.1 Å². The zero-order valence-corrected chi connectivity index (χ0v) is 13.7. The molecule has 21 heavy (non-hydrogen) atoms. The fourth-order valence-electron chi connectivity index (χ4n) is 2.42. The number of ether oxygens (including phenoxy) is 2. The number of carbonyl (C=O) groups is 1. The van der Waals surface area contributed by atoms with Gasteiger partial charge in [0.15, 0.2) is 0 Å². The van der Waals surface area contributed by atoms with Crippen LogP contribution in [0, 0.1) is 0 Å². The molecule has 1 atom stereocenters. The molecular weight excluding hydrogens is 288 g/mol. The fourth-order valence-corrected chi connectivity index (χ4v) is 3.31. The summed E-state index contributed by atoms with van der Waals surface area (Å²) in [6.45, 7) is 8.25. The standard InChI is InChI=1S/C15H24N2O3S/c1-3-7-17-8-9-20-13(10-17)15-16-12(11-21-15)5-6-14(18)19-4-2/h11,13H,3-10H2,1-2H3. The molecule has 118 valence electrons. The van der Waals surface area contributed by atoms with E-state index in [9.17, 15) is 4.79 Å². The Balaban J connectivity index is 1.85. The normalized spacial score (nSPS) is 19.6. The van der Waals surface area contributed by atoms with E-state index in [1.165, 1.54) is 0 Å². The molecule has 0 saturated carbocycles. The van der Waals surface area contributed by atoms with Crippen LogP contribution in [0.5, 0.6) is 0 Å². The molecule has 1 unspecified atom stereocenters. The molecule has 1 saturated heterocycles. The molecule has 1 fully saturated rings. The molecule has 1 aromatic heterocycles. The molecule has 0 radical (unpaired) electrons. The van der Waals surface area contributed by atoms with Gasteiger partial charge in [0.25, 0.3) is 0 Å². The number of carbonyl (C=O) groups excluding carboxylic acids is 1. The molecule has 0 aliphatic carbocycles. The first-order valence-electron chi connectivity index (χ1n) is 7.66. The number of nitrogens with zero attached hydrogens (tertiary/aromatic N) is 2. The summed E-state index contributed by atoms with van der Waals surface area (Å²) in [5, 5.41) is 3.05. The lowest BCUT2D eigenvalue weighted by molar-refractivity contribution is -0.143. The summed E-state index contributed by atoms with van der Waals surface area (Å²) in [5.41, 5.74) is 0.958. The smallest absolute Gasteiger partial charge is 0.306 e. The van der Waals surface area contributed by atoms with Gasteiger partial charge in [0.1, 0.15) is 11.1 Å². The maximum Gasteiger partial charge on any atom is 0.306 e. The van der Waals surface area contributed by atoms with Crippen LogP contribution >= 0.6 is 11.3 Å². The third kappa shape index (κ3) is 5.05. The van der Waals surface area contributed by atoms with Gasteiger partial charge in [0, 0.05) is 24.9 Å². The number of aromatic nitrogens is 1. The lowest BCUT2D eigenvalue weighted by atomic mass is 10.2. The molecule has 2 rings (SSSR count). The van der Waals surface area contributed by atoms with E-state index in [0.717, 1.165) is 43.4 Å². The van der Waals surface area contributed by atoms with Crippen molar-refractivity contribution >= 4 is 17.3 Å². The molecule has 6 heteroatoms. The van der Waals surface area contributed by atoms with Crippen LogP contribution in [-0.2, 0) is 20.7 Å². The monoisotopic (exact) mass is 312 g/mol. The van der Waals surface area contributed by atoms with Crippen molar-refractivity contribution in [2.24, 2.45) is 0 Å². The van der Waals surface area contributed by atoms with E-state index in [2.05, 4.69) is 16.8 Å². The third-order valence-corrected chi connectivity index (χ3v) is 4.41. The number of morpholine rings is 1. The summed E-state index contributed by atoms with van der Waals surface area (Å²) in [5.74, 6) is -0.157. The highest BCUT2D eigenvalue weighted by Crippen LogP contribution is 2.25. The Morgan fingerprint density at radius 3 is 3.19 bits per heavy atom. The predicted molar refractivity (Wildman–Crippen MR) is 82.5 cm³/mol. The van der Waals surface area contributed by atoms with Crippen LogP contribution in [0.4, 0.5) is 0 Å². The summed E-state index contributed by atoms with van der Waals surface area (Å²) in [6.07, 6.45) is 2.27. The van der Waals surface area contributed by atoms with Gasteiger partial charge in [-0.25, -0.2) is 4.98 Å². The molecular formula is C15H24N2O3S. The first kappa shape index (κ1) is 16.4. The minimum Gasteiger partial charge on any atom is -0.466 e. The van der Waals surface area contributed by atoms with E-state index >= 15 is 0 Å². The Bertz CT molecular complexity index is 448. The van der Waals surface area contributed by atoms with Gasteiger partial charge in [-0.05, 0) is 19.9 Å². The number of hydrogen-bond donors (Lipinski definition) is 0. The summed E-state index contributed by atoms with van der Waals surface area (Å²) >= 11 is 1.63. The minimum absolute atomic E-state index is 0.0756. The Labute approximate surface area is 130 Å². The Morgan fingerprint density at radius 1 is 1.57 bits per heavy atom. The molecule has 0 bridgehead atoms. The number of esters is 1. The first-order valence-corrected chi connectivity index (χ1v) is 8.54. The Morgan fingerprint density at radius 2 is 2.43 bits per heavy atom. The van der Waals surface area contributed by atoms with Gasteiger partial charge < -0.3 is 9.47 Å². The Kier molecular flexibility index (Phi) is 6.60. The van der Waals surface area contributed by atoms with Crippen molar-refractivity contribution in [3.05, 3.63) is 16.1 Å². The Hall–Kier alpha value is -0.980. The van der Waals surface area contributed by atoms with Gasteiger partial charge in [-0.3, -0.25) is 9.69 Å². The molecule has 1 aromatic rings. The number of rotatable bonds is 7. The van der Waals surface area contributed by atoms with Gasteiger partial charge in [-0.15, -0.1) is 11.3 Å². The summed E-state index contributed by atoms with van der Waals surface area (Å²) in [4.78, 5) is 18.4. The molecule has 0 aromatic carbocycles. The fraction of sp³-hybridized carbons (Fsp3) is 0.733. The van der Waals surface area contributed by atoms with Crippen molar-refractivity contribution in [1.29, 1.82) is 0 Å². The number of thiazole rings is 1. The summed E-state index contributed by atoms with van der Waals surface area (Å²) in [6, 6.07) is 0. The SMILES string of the molecule is CCCN1CCOC(c2nc(CCC(=O)OCC)cs2)C1. The number of hydrogen-bond acceptors (Lipinski definition) is 6. The van der Waals surface area contributed by atoms with Crippen LogP contribution in [-0.4, -0.2) is 48.7 Å². The second-order valence-electron chi connectivity index (χ2n) is 5.14. The second-order valence-corrected chi connectivity index (χ2v) is 6.03. The average Bonchev–Trinajstić information content (AvgIpc) is 2.95. The molecule has 0 spiro atoms. The van der Waals surface area contributed by atoms with Gasteiger partial charge in [0.05, 0.1) is 25.3 Å². The molecule has 1 aliphatic heterocycles. The maximum absolute atomic E-state index is 11.4. The maximum atomic E-state index is 11.4. The average molecular weight is 312 g/mol. The quantitative estimate of drug-likeness (QED) is 0.724. The first-order chi connectivity index (χ1) is 10.2. The third-order valence-electron chi connectivity index (χ3n) is 3.43. The van der Waals surface area contributed by atoms with E-state index in [1.807, 2.05) is 12.3 Å². The molecule has 2 heterocycles. The van der Waals surface area contributed by atoms with Crippen molar-refractivity contribution in [2.75, 3.05) is 32.8 Å². The van der Waals surface area contributed by atoms with E-state index < -0.39 is 0 Å². The molecule has 0 N–H and O–H groups in total. The lowest BCUT2D eigenvalue weighted by Crippen LogP contribution is -2.38. The summed E-state index contributed by atoms with van der Waals surface area (Å²) < 4.78 is 10.8. The van der Waals surface area contributed by atoms with Crippen molar-refractivity contribution in [3.8, 4) is 0 Å². The van der Waals surface area contributed by atoms with E-state index in [4.69, 9.17) is 9.47 Å². The zero-order valence-electron chi connectivity index (χ0n) is 12.8. The molecule has 1 aliphatic rings. The summed E-state index contributed by atoms with van der Waals surface area (Å²) in [7, 11) is 0. The molecule has 0 amide bonds. The van der Waals surface area contributed by atoms with Crippen molar-refractivity contribution < 1.29 is 14.3 Å². The van der Waals surface area contributed by atoms with Crippen molar-refractivity contribution in [3.63, 3.8) is 0 Å². The number of aryl methyl sites for hydroxylation is 1. The van der Waals surface area contributed by atoms with Crippen LogP contribution in [0.15, 0.2) is 5.38 Å². The largest absolute Gasteiger partial charge is 0.466 e. The van der Waals surface area contributed by atoms with Crippen LogP contribution in [0.2, 0.25) is 0 Å². The second kappa shape index (κ2) is 8.46. The van der Waals surface area contributed by atoms with Gasteiger partial charge in [-0.1, -0.05) is 6.92 Å². The predicted octanol–water partition coefficient (Wildman–Crippen LogP) is 2.42. The highest BCUT2D eigenvalue weighted by atomic mass is 32.1. The van der Waals surface area contributed by atoms with Crippen LogP contribution in [0.25, 0.3) is 0 Å². The zero-order chi connectivity index (χ0) is 15.1. The van der Waals surface area contributed by atoms with Gasteiger partial charge >= 0.3 is 5.97 Å². The topological polar surface area (TPSA) is 51.7 Å². The van der Waals surface area contributed by atoms with Gasteiger partial charge in [0.2, 0.25) is 0 Å². The van der Waals surface area contributed by atoms with Crippen LogP contribution in [0.1, 0.15) is 43.5 Å². The van der Waals surface area contributed by atoms with Crippen LogP contribution in [0.3, 0.4) is 0 Å². The van der Waals surface area contributed by atoms with E-state index in [1.54, 1.807) is 11.3 Å².